The average molecular weight is 305 g/mol. The summed E-state index contributed by atoms with van der Waals surface area (Å²) in [7, 11) is 0. The number of nitrogens with zero attached hydrogens (tertiary/aromatic N) is 1. The second-order valence-corrected chi connectivity index (χ2v) is 6.53. The molecule has 0 aromatic heterocycles. The number of ether oxygens (including phenoxy) is 1. The van der Waals surface area contributed by atoms with Gasteiger partial charge >= 0.3 is 0 Å². The Morgan fingerprint density at radius 2 is 1.91 bits per heavy atom. The van der Waals surface area contributed by atoms with Crippen molar-refractivity contribution in [2.75, 3.05) is 19.8 Å². The second-order valence-electron chi connectivity index (χ2n) is 6.53. The van der Waals surface area contributed by atoms with Crippen LogP contribution < -0.4 is 0 Å². The Hall–Kier alpha value is -1.46. The minimum absolute atomic E-state index is 0.0293. The molecule has 3 aliphatic rings. The molecule has 2 fully saturated rings. The van der Waals surface area contributed by atoms with E-state index in [1.165, 1.54) is 4.90 Å². The van der Waals surface area contributed by atoms with Gasteiger partial charge in [0.1, 0.15) is 0 Å². The van der Waals surface area contributed by atoms with Gasteiger partial charge in [-0.25, -0.2) is 0 Å². The highest BCUT2D eigenvalue weighted by Gasteiger charge is 2.60. The lowest BCUT2D eigenvalue weighted by Crippen LogP contribution is -2.43. The SMILES string of the molecule is C=C(C)C(CCOCCO)N1C(=O)C2C3C=CC(C3)C2C1=O. The Morgan fingerprint density at radius 1 is 1.32 bits per heavy atom. The van der Waals surface area contributed by atoms with Crippen molar-refractivity contribution in [2.45, 2.75) is 25.8 Å². The van der Waals surface area contributed by atoms with Gasteiger partial charge in [0.15, 0.2) is 0 Å². The van der Waals surface area contributed by atoms with Crippen LogP contribution in [0, 0.1) is 23.7 Å². The van der Waals surface area contributed by atoms with Crippen LogP contribution in [-0.4, -0.2) is 47.7 Å². The first-order chi connectivity index (χ1) is 10.6. The second kappa shape index (κ2) is 5.97. The Bertz CT molecular complexity index is 497. The van der Waals surface area contributed by atoms with Crippen LogP contribution >= 0.6 is 0 Å². The van der Waals surface area contributed by atoms with Crippen molar-refractivity contribution in [3.63, 3.8) is 0 Å². The fraction of sp³-hybridized carbons (Fsp3) is 0.647. The fourth-order valence-corrected chi connectivity index (χ4v) is 4.19. The molecule has 22 heavy (non-hydrogen) atoms. The quantitative estimate of drug-likeness (QED) is 0.435. The lowest BCUT2D eigenvalue weighted by atomic mass is 9.85. The first kappa shape index (κ1) is 15.4. The fourth-order valence-electron chi connectivity index (χ4n) is 4.19. The largest absolute Gasteiger partial charge is 0.394 e. The predicted octanol–water partition coefficient (Wildman–Crippen LogP) is 1.14. The first-order valence-corrected chi connectivity index (χ1v) is 7.95. The van der Waals surface area contributed by atoms with Crippen LogP contribution in [0.25, 0.3) is 0 Å². The Morgan fingerprint density at radius 3 is 2.41 bits per heavy atom. The molecule has 0 spiro atoms. The number of likely N-dealkylation sites (tertiary alicyclic amines) is 1. The molecular weight excluding hydrogens is 282 g/mol. The zero-order chi connectivity index (χ0) is 15.9. The highest BCUT2D eigenvalue weighted by molar-refractivity contribution is 6.07. The third kappa shape index (κ3) is 2.32. The van der Waals surface area contributed by atoms with Crippen LogP contribution in [0.5, 0.6) is 0 Å². The number of carbonyl (C=O) groups is 2. The van der Waals surface area contributed by atoms with E-state index in [4.69, 9.17) is 9.84 Å². The van der Waals surface area contributed by atoms with Crippen LogP contribution in [0.2, 0.25) is 0 Å². The number of hydrogen-bond acceptors (Lipinski definition) is 4. The number of allylic oxidation sites excluding steroid dienone is 2. The molecule has 1 aliphatic heterocycles. The molecular formula is C17H23NO4. The number of hydrogen-bond donors (Lipinski definition) is 1. The molecule has 0 aromatic carbocycles. The molecule has 5 nitrogen and oxygen atoms in total. The van der Waals surface area contributed by atoms with Gasteiger partial charge in [-0.3, -0.25) is 14.5 Å². The normalized spacial score (nSPS) is 33.6. The monoisotopic (exact) mass is 305 g/mol. The van der Waals surface area contributed by atoms with Crippen LogP contribution in [-0.2, 0) is 14.3 Å². The molecule has 2 amide bonds. The third-order valence-corrected chi connectivity index (χ3v) is 5.16. The smallest absolute Gasteiger partial charge is 0.234 e. The van der Waals surface area contributed by atoms with Crippen molar-refractivity contribution in [3.8, 4) is 0 Å². The van der Waals surface area contributed by atoms with Gasteiger partial charge in [0.05, 0.1) is 31.1 Å². The summed E-state index contributed by atoms with van der Waals surface area (Å²) in [5.41, 5.74) is 0.801. The summed E-state index contributed by atoms with van der Waals surface area (Å²) in [6, 6.07) is -0.302. The highest BCUT2D eigenvalue weighted by atomic mass is 16.5. The number of rotatable bonds is 7. The van der Waals surface area contributed by atoms with Crippen LogP contribution in [0.3, 0.4) is 0 Å². The molecule has 3 rings (SSSR count). The molecule has 1 saturated heterocycles. The minimum Gasteiger partial charge on any atom is -0.394 e. The lowest BCUT2D eigenvalue weighted by molar-refractivity contribution is -0.143. The minimum atomic E-state index is -0.302. The molecule has 5 unspecified atom stereocenters. The van der Waals surface area contributed by atoms with E-state index in [1.54, 1.807) is 0 Å². The van der Waals surface area contributed by atoms with Crippen molar-refractivity contribution in [1.82, 2.24) is 4.90 Å². The molecule has 120 valence electrons. The number of aliphatic hydroxyl groups is 1. The number of imide groups is 1. The molecule has 1 N–H and O–H groups in total. The van der Waals surface area contributed by atoms with E-state index in [0.29, 0.717) is 13.0 Å². The summed E-state index contributed by atoms with van der Waals surface area (Å²) in [4.78, 5) is 27.0. The maximum atomic E-state index is 12.8. The Labute approximate surface area is 130 Å². The predicted molar refractivity (Wildman–Crippen MR) is 80.7 cm³/mol. The van der Waals surface area contributed by atoms with Gasteiger partial charge in [-0.1, -0.05) is 24.3 Å². The summed E-state index contributed by atoms with van der Waals surface area (Å²) in [5.74, 6) is 0.0511. The summed E-state index contributed by atoms with van der Waals surface area (Å²) in [6.07, 6.45) is 5.67. The summed E-state index contributed by atoms with van der Waals surface area (Å²) < 4.78 is 5.29. The topological polar surface area (TPSA) is 66.8 Å². The van der Waals surface area contributed by atoms with Gasteiger partial charge in [0.2, 0.25) is 11.8 Å². The lowest BCUT2D eigenvalue weighted by Gasteiger charge is -2.28. The highest BCUT2D eigenvalue weighted by Crippen LogP contribution is 2.53. The molecule has 0 radical (unpaired) electrons. The summed E-state index contributed by atoms with van der Waals surface area (Å²) >= 11 is 0. The summed E-state index contributed by atoms with van der Waals surface area (Å²) in [6.45, 7) is 6.43. The number of carbonyl (C=O) groups excluding carboxylic acids is 2. The number of amides is 2. The zero-order valence-corrected chi connectivity index (χ0v) is 12.9. The Balaban J connectivity index is 1.74. The number of fused-ring (bicyclic) bond motifs is 5. The van der Waals surface area contributed by atoms with E-state index < -0.39 is 0 Å². The molecule has 5 heteroatoms. The van der Waals surface area contributed by atoms with Crippen molar-refractivity contribution in [3.05, 3.63) is 24.3 Å². The van der Waals surface area contributed by atoms with Gasteiger partial charge in [0.25, 0.3) is 0 Å². The van der Waals surface area contributed by atoms with E-state index in [0.717, 1.165) is 12.0 Å². The van der Waals surface area contributed by atoms with Gasteiger partial charge < -0.3 is 9.84 Å². The standard InChI is InChI=1S/C17H23NO4/c1-10(2)13(5-7-22-8-6-19)18-16(20)14-11-3-4-12(9-11)15(14)17(18)21/h3-4,11-15,19H,1,5-9H2,2H3. The van der Waals surface area contributed by atoms with Gasteiger partial charge in [0, 0.05) is 6.61 Å². The molecule has 2 aliphatic carbocycles. The number of aliphatic hydroxyl groups excluding tert-OH is 1. The van der Waals surface area contributed by atoms with Crippen molar-refractivity contribution >= 4 is 11.8 Å². The van der Waals surface area contributed by atoms with E-state index in [9.17, 15) is 9.59 Å². The molecule has 1 saturated carbocycles. The average Bonchev–Trinajstić information content (AvgIpc) is 3.15. The van der Waals surface area contributed by atoms with Gasteiger partial charge in [-0.15, -0.1) is 0 Å². The van der Waals surface area contributed by atoms with E-state index in [-0.39, 0.29) is 54.7 Å². The molecule has 2 bridgehead atoms. The molecule has 1 heterocycles. The van der Waals surface area contributed by atoms with Gasteiger partial charge in [-0.2, -0.15) is 0 Å². The van der Waals surface area contributed by atoms with Crippen LogP contribution in [0.1, 0.15) is 19.8 Å². The van der Waals surface area contributed by atoms with Gasteiger partial charge in [-0.05, 0) is 31.6 Å². The molecule has 5 atom stereocenters. The van der Waals surface area contributed by atoms with Crippen molar-refractivity contribution < 1.29 is 19.4 Å². The third-order valence-electron chi connectivity index (χ3n) is 5.16. The van der Waals surface area contributed by atoms with Crippen LogP contribution in [0.4, 0.5) is 0 Å². The van der Waals surface area contributed by atoms with Crippen molar-refractivity contribution in [2.24, 2.45) is 23.7 Å². The maximum Gasteiger partial charge on any atom is 0.234 e. The van der Waals surface area contributed by atoms with E-state index >= 15 is 0 Å². The Kier molecular flexibility index (Phi) is 4.19. The summed E-state index contributed by atoms with van der Waals surface area (Å²) in [5, 5.41) is 8.74. The van der Waals surface area contributed by atoms with Crippen LogP contribution in [0.15, 0.2) is 24.3 Å². The van der Waals surface area contributed by atoms with E-state index in [2.05, 4.69) is 18.7 Å². The maximum absolute atomic E-state index is 12.8. The molecule has 0 aromatic rings. The first-order valence-electron chi connectivity index (χ1n) is 7.95. The van der Waals surface area contributed by atoms with Crippen molar-refractivity contribution in [1.29, 1.82) is 0 Å². The van der Waals surface area contributed by atoms with E-state index in [1.807, 2.05) is 6.92 Å². The zero-order valence-electron chi connectivity index (χ0n) is 12.9.